The molecule has 6 heteroatoms. The Hall–Kier alpha value is -1.56. The number of rotatable bonds is 0. The molecule has 84 valence electrons. The summed E-state index contributed by atoms with van der Waals surface area (Å²) in [5, 5.41) is 0. The maximum Gasteiger partial charge on any atom is 0.185 e. The van der Waals surface area contributed by atoms with E-state index in [1.54, 1.807) is 12.5 Å². The summed E-state index contributed by atoms with van der Waals surface area (Å²) in [6, 6.07) is 0. The molecule has 6 nitrogen and oxygen atoms in total. The minimum atomic E-state index is 0. The van der Waals surface area contributed by atoms with Crippen LogP contribution in [0.3, 0.4) is 0 Å². The van der Waals surface area contributed by atoms with Crippen molar-refractivity contribution >= 4 is 5.96 Å². The van der Waals surface area contributed by atoms with E-state index in [1.807, 2.05) is 6.92 Å². The Morgan fingerprint density at radius 3 is 1.93 bits per heavy atom. The molecule has 0 amide bonds. The molecule has 0 radical (unpaired) electrons. The topological polar surface area (TPSA) is 119 Å². The van der Waals surface area contributed by atoms with Crippen LogP contribution < -0.4 is 17.2 Å². The first-order chi connectivity index (χ1) is 6.16. The van der Waals surface area contributed by atoms with E-state index in [-0.39, 0.29) is 13.4 Å². The summed E-state index contributed by atoms with van der Waals surface area (Å²) in [6.07, 6.45) is 3.44. The number of hydrogen-bond donors (Lipinski definition) is 4. The van der Waals surface area contributed by atoms with Gasteiger partial charge in [-0.2, -0.15) is 0 Å². The summed E-state index contributed by atoms with van der Waals surface area (Å²) in [5.41, 5.74) is 15.2. The molecule has 1 heterocycles. The lowest BCUT2D eigenvalue weighted by molar-refractivity contribution is 1.25. The van der Waals surface area contributed by atoms with Crippen LogP contribution in [0.4, 0.5) is 0 Å². The highest BCUT2D eigenvalue weighted by atomic mass is 15.0. The number of guanidine groups is 1. The predicted molar refractivity (Wildman–Crippen MR) is 61.9 cm³/mol. The van der Waals surface area contributed by atoms with Gasteiger partial charge in [-0.05, 0) is 14.0 Å². The van der Waals surface area contributed by atoms with Crippen LogP contribution in [0.15, 0.2) is 17.5 Å². The fourth-order valence-corrected chi connectivity index (χ4v) is 0.325. The number of hydrogen-bond acceptors (Lipinski definition) is 3. The monoisotopic (exact) mass is 202 g/mol. The molecule has 0 aliphatic heterocycles. The van der Waals surface area contributed by atoms with Gasteiger partial charge in [0.1, 0.15) is 0 Å². The van der Waals surface area contributed by atoms with Crippen molar-refractivity contribution in [3.8, 4) is 0 Å². The fraction of sp³-hybridized carbons (Fsp3) is 0.500. The number of imidazole rings is 1. The molecule has 0 saturated heterocycles. The van der Waals surface area contributed by atoms with Crippen LogP contribution in [0, 0.1) is 6.92 Å². The second-order valence-electron chi connectivity index (χ2n) is 1.88. The van der Waals surface area contributed by atoms with Crippen molar-refractivity contribution in [1.82, 2.24) is 9.97 Å². The summed E-state index contributed by atoms with van der Waals surface area (Å²) in [7, 11) is 3.04. The largest absolute Gasteiger partial charge is 0.370 e. The molecule has 0 aliphatic rings. The Bertz CT molecular complexity index is 200. The lowest BCUT2D eigenvalue weighted by atomic mass is 10.6. The second kappa shape index (κ2) is 14.0. The maximum atomic E-state index is 4.82. The third-order valence-electron chi connectivity index (χ3n) is 0.893. The van der Waals surface area contributed by atoms with E-state index in [9.17, 15) is 0 Å². The summed E-state index contributed by atoms with van der Waals surface area (Å²) in [5.74, 6) is 0.130. The third-order valence-corrected chi connectivity index (χ3v) is 0.893. The van der Waals surface area contributed by atoms with Gasteiger partial charge in [-0.1, -0.05) is 7.43 Å². The normalized spacial score (nSPS) is 6.57. The van der Waals surface area contributed by atoms with Gasteiger partial charge in [0.05, 0.1) is 6.33 Å². The first kappa shape index (κ1) is 18.3. The van der Waals surface area contributed by atoms with Crippen molar-refractivity contribution in [2.75, 3.05) is 14.1 Å². The number of H-pyrrole nitrogens is 1. The third kappa shape index (κ3) is 16.8. The van der Waals surface area contributed by atoms with Gasteiger partial charge in [-0.15, -0.1) is 0 Å². The van der Waals surface area contributed by atoms with Crippen LogP contribution in [-0.2, 0) is 0 Å². The van der Waals surface area contributed by atoms with Crippen molar-refractivity contribution in [2.45, 2.75) is 14.4 Å². The van der Waals surface area contributed by atoms with Gasteiger partial charge < -0.3 is 22.2 Å². The molecule has 0 atom stereocenters. The average Bonchev–Trinajstić information content (AvgIpc) is 2.60. The molecule has 1 rings (SSSR count). The minimum absolute atomic E-state index is 0. The molecule has 0 bridgehead atoms. The van der Waals surface area contributed by atoms with Crippen LogP contribution in [0.1, 0.15) is 13.1 Å². The number of aromatic amines is 1. The zero-order valence-corrected chi connectivity index (χ0v) is 8.28. The minimum Gasteiger partial charge on any atom is -0.370 e. The highest BCUT2D eigenvalue weighted by Crippen LogP contribution is 1.81. The Labute approximate surface area is 85.6 Å². The number of nitrogens with two attached hydrogens (primary N) is 3. The van der Waals surface area contributed by atoms with E-state index in [2.05, 4.69) is 20.7 Å². The van der Waals surface area contributed by atoms with Crippen LogP contribution in [0.5, 0.6) is 0 Å². The lowest BCUT2D eigenvalue weighted by Crippen LogP contribution is -2.21. The fourth-order valence-electron chi connectivity index (χ4n) is 0.325. The first-order valence-electron chi connectivity index (χ1n) is 3.67. The molecule has 0 aliphatic carbocycles. The summed E-state index contributed by atoms with van der Waals surface area (Å²) >= 11 is 0. The van der Waals surface area contributed by atoms with Crippen molar-refractivity contribution in [2.24, 2.45) is 22.2 Å². The molecule has 0 spiro atoms. The van der Waals surface area contributed by atoms with Gasteiger partial charge in [-0.3, -0.25) is 4.99 Å². The average molecular weight is 202 g/mol. The Morgan fingerprint density at radius 1 is 1.43 bits per heavy atom. The summed E-state index contributed by atoms with van der Waals surface area (Å²) in [4.78, 5) is 10.0. The van der Waals surface area contributed by atoms with Gasteiger partial charge >= 0.3 is 0 Å². The van der Waals surface area contributed by atoms with Crippen LogP contribution in [0.25, 0.3) is 0 Å². The molecule has 0 unspecified atom stereocenters. The summed E-state index contributed by atoms with van der Waals surface area (Å²) < 4.78 is 0. The quantitative estimate of drug-likeness (QED) is 0.344. The molecule has 1 aromatic heterocycles. The zero-order chi connectivity index (χ0) is 10.7. The number of nitrogens with one attached hydrogen (secondary N) is 1. The highest BCUT2D eigenvalue weighted by molar-refractivity contribution is 5.75. The number of aromatic nitrogens is 2. The molecule has 0 aromatic carbocycles. The Balaban J connectivity index is -0.000000141. The van der Waals surface area contributed by atoms with E-state index in [0.29, 0.717) is 0 Å². The van der Waals surface area contributed by atoms with Gasteiger partial charge in [0.15, 0.2) is 5.96 Å². The molecular formula is C8H22N6. The smallest absolute Gasteiger partial charge is 0.185 e. The Morgan fingerprint density at radius 2 is 1.86 bits per heavy atom. The highest BCUT2D eigenvalue weighted by Gasteiger charge is 1.73. The van der Waals surface area contributed by atoms with E-state index in [1.165, 1.54) is 14.1 Å². The molecule has 14 heavy (non-hydrogen) atoms. The van der Waals surface area contributed by atoms with E-state index in [4.69, 9.17) is 11.5 Å². The number of aryl methyl sites for hydroxylation is 1. The maximum absolute atomic E-state index is 4.82. The van der Waals surface area contributed by atoms with Gasteiger partial charge in [0.2, 0.25) is 0 Å². The first-order valence-corrected chi connectivity index (χ1v) is 3.67. The molecule has 7 N–H and O–H groups in total. The van der Waals surface area contributed by atoms with Gasteiger partial charge in [-0.25, -0.2) is 4.98 Å². The van der Waals surface area contributed by atoms with Crippen molar-refractivity contribution in [3.63, 3.8) is 0 Å². The predicted octanol–water partition coefficient (Wildman–Crippen LogP) is -0.181. The van der Waals surface area contributed by atoms with E-state index >= 15 is 0 Å². The Kier molecular flexibility index (Phi) is 18.3. The van der Waals surface area contributed by atoms with Gasteiger partial charge in [0.25, 0.3) is 0 Å². The molecule has 1 aromatic rings. The van der Waals surface area contributed by atoms with Gasteiger partial charge in [0, 0.05) is 18.9 Å². The SMILES string of the molecule is C.CN.CN=C(N)N.Cc1cnc[nH]1. The van der Waals surface area contributed by atoms with Crippen LogP contribution >= 0.6 is 0 Å². The van der Waals surface area contributed by atoms with Crippen LogP contribution in [-0.4, -0.2) is 30.0 Å². The number of nitrogens with zero attached hydrogens (tertiary/aromatic N) is 2. The molecular weight excluding hydrogens is 180 g/mol. The summed E-state index contributed by atoms with van der Waals surface area (Å²) in [6.45, 7) is 1.97. The van der Waals surface area contributed by atoms with E-state index < -0.39 is 0 Å². The van der Waals surface area contributed by atoms with Crippen molar-refractivity contribution in [1.29, 1.82) is 0 Å². The standard InChI is InChI=1S/C4H6N2.C2H7N3.CH5N.CH4/c1-4-2-5-3-6-4;1-5-2(3)4;1-2;/h2-3H,1H3,(H,5,6);1H3,(H4,3,4,5);2H2,1H3;1H4. The number of aliphatic imine (C=N–C) groups is 1. The molecule has 0 saturated carbocycles. The van der Waals surface area contributed by atoms with E-state index in [0.717, 1.165) is 5.69 Å². The van der Waals surface area contributed by atoms with Crippen molar-refractivity contribution < 1.29 is 0 Å². The molecule has 0 fully saturated rings. The van der Waals surface area contributed by atoms with Crippen LogP contribution in [0.2, 0.25) is 0 Å². The van der Waals surface area contributed by atoms with Crippen molar-refractivity contribution in [3.05, 3.63) is 18.2 Å². The lowest BCUT2D eigenvalue weighted by Gasteiger charge is -1.77. The second-order valence-corrected chi connectivity index (χ2v) is 1.88. The zero-order valence-electron chi connectivity index (χ0n) is 8.28.